The quantitative estimate of drug-likeness (QED) is 0.491. The highest BCUT2D eigenvalue weighted by Crippen LogP contribution is 2.36. The first-order valence-electron chi connectivity index (χ1n) is 5.02. The van der Waals surface area contributed by atoms with E-state index in [9.17, 15) is 27.1 Å². The summed E-state index contributed by atoms with van der Waals surface area (Å²) in [6.07, 6.45) is 1.09. The average molecular weight is 275 g/mol. The molecule has 2 rings (SSSR count). The molecule has 1 N–H and O–H groups in total. The summed E-state index contributed by atoms with van der Waals surface area (Å²) in [5.74, 6) is -11.2. The van der Waals surface area contributed by atoms with Crippen LogP contribution in [-0.4, -0.2) is 10.1 Å². The maximum Gasteiger partial charge on any atom is 0.200 e. The van der Waals surface area contributed by atoms with Crippen molar-refractivity contribution in [1.82, 2.24) is 4.98 Å². The van der Waals surface area contributed by atoms with Gasteiger partial charge in [0.05, 0.1) is 5.56 Å². The van der Waals surface area contributed by atoms with Crippen LogP contribution in [0.3, 0.4) is 0 Å². The molecule has 1 aromatic carbocycles. The van der Waals surface area contributed by atoms with E-state index in [2.05, 4.69) is 4.98 Å². The van der Waals surface area contributed by atoms with Gasteiger partial charge >= 0.3 is 0 Å². The second-order valence-corrected chi connectivity index (χ2v) is 3.77. The highest BCUT2D eigenvalue weighted by atomic mass is 19.2. The first-order valence-corrected chi connectivity index (χ1v) is 5.02. The van der Waals surface area contributed by atoms with Crippen molar-refractivity contribution in [1.29, 1.82) is 0 Å². The third-order valence-electron chi connectivity index (χ3n) is 2.57. The van der Waals surface area contributed by atoms with Crippen molar-refractivity contribution in [2.75, 3.05) is 0 Å². The summed E-state index contributed by atoms with van der Waals surface area (Å²) in [7, 11) is 0. The minimum Gasteiger partial charge on any atom is -0.505 e. The standard InChI is InChI=1S/C12H6F5NO/c1-4-2-3-18-11(12(4)19)5-6(13)8(15)10(17)9(16)7(5)14/h2-3,19H,1H3. The molecule has 0 aliphatic rings. The number of hydrogen-bond donors (Lipinski definition) is 1. The summed E-state index contributed by atoms with van der Waals surface area (Å²) in [5, 5.41) is 9.62. The number of nitrogens with zero attached hydrogens (tertiary/aromatic N) is 1. The fourth-order valence-electron chi connectivity index (χ4n) is 1.55. The lowest BCUT2D eigenvalue weighted by Crippen LogP contribution is -2.05. The zero-order chi connectivity index (χ0) is 14.3. The Balaban J connectivity index is 2.87. The SMILES string of the molecule is Cc1ccnc(-c2c(F)c(F)c(F)c(F)c2F)c1O. The normalized spacial score (nSPS) is 10.8. The minimum atomic E-state index is -2.26. The van der Waals surface area contributed by atoms with Gasteiger partial charge in [0.15, 0.2) is 23.3 Å². The van der Waals surface area contributed by atoms with Gasteiger partial charge in [-0.15, -0.1) is 0 Å². The Morgan fingerprint density at radius 1 is 0.895 bits per heavy atom. The van der Waals surface area contributed by atoms with Crippen LogP contribution < -0.4 is 0 Å². The van der Waals surface area contributed by atoms with E-state index >= 15 is 0 Å². The second kappa shape index (κ2) is 4.49. The summed E-state index contributed by atoms with van der Waals surface area (Å²) in [5.41, 5.74) is -1.76. The number of aryl methyl sites for hydroxylation is 1. The Labute approximate surface area is 104 Å². The molecule has 1 aromatic heterocycles. The van der Waals surface area contributed by atoms with E-state index in [4.69, 9.17) is 0 Å². The molecule has 0 saturated carbocycles. The van der Waals surface area contributed by atoms with Crippen LogP contribution in [0.2, 0.25) is 0 Å². The highest BCUT2D eigenvalue weighted by molar-refractivity contribution is 5.68. The summed E-state index contributed by atoms with van der Waals surface area (Å²) in [4.78, 5) is 3.46. The number of hydrogen-bond acceptors (Lipinski definition) is 2. The molecule has 1 heterocycles. The van der Waals surface area contributed by atoms with Gasteiger partial charge < -0.3 is 5.11 Å². The van der Waals surface area contributed by atoms with Gasteiger partial charge in [-0.05, 0) is 18.6 Å². The predicted molar refractivity (Wildman–Crippen MR) is 55.9 cm³/mol. The molecular formula is C12H6F5NO. The molecule has 0 bridgehead atoms. The zero-order valence-electron chi connectivity index (χ0n) is 9.44. The van der Waals surface area contributed by atoms with E-state index in [0.29, 0.717) is 0 Å². The van der Waals surface area contributed by atoms with E-state index in [-0.39, 0.29) is 5.56 Å². The smallest absolute Gasteiger partial charge is 0.200 e. The lowest BCUT2D eigenvalue weighted by Gasteiger charge is -2.10. The van der Waals surface area contributed by atoms with Crippen molar-refractivity contribution < 1.29 is 27.1 Å². The number of rotatable bonds is 1. The molecule has 7 heteroatoms. The Bertz CT molecular complexity index is 643. The lowest BCUT2D eigenvalue weighted by molar-refractivity contribution is 0.380. The van der Waals surface area contributed by atoms with Crippen molar-refractivity contribution in [2.24, 2.45) is 0 Å². The third-order valence-corrected chi connectivity index (χ3v) is 2.57. The van der Waals surface area contributed by atoms with E-state index in [1.165, 1.54) is 13.0 Å². The molecular weight excluding hydrogens is 269 g/mol. The molecule has 0 radical (unpaired) electrons. The summed E-state index contributed by atoms with van der Waals surface area (Å²) in [6, 6.07) is 1.32. The number of benzene rings is 1. The molecule has 0 spiro atoms. The van der Waals surface area contributed by atoms with Gasteiger partial charge in [-0.3, -0.25) is 4.98 Å². The van der Waals surface area contributed by atoms with Crippen molar-refractivity contribution in [3.63, 3.8) is 0 Å². The Kier molecular flexibility index (Phi) is 3.13. The predicted octanol–water partition coefficient (Wildman–Crippen LogP) is 3.46. The van der Waals surface area contributed by atoms with Crippen LogP contribution in [0.1, 0.15) is 5.56 Å². The third kappa shape index (κ3) is 1.91. The minimum absolute atomic E-state index is 0.189. The highest BCUT2D eigenvalue weighted by Gasteiger charge is 2.28. The van der Waals surface area contributed by atoms with Gasteiger partial charge in [-0.25, -0.2) is 22.0 Å². The Hall–Kier alpha value is -2.18. The summed E-state index contributed by atoms with van der Waals surface area (Å²) in [6.45, 7) is 1.40. The topological polar surface area (TPSA) is 33.1 Å². The maximum atomic E-state index is 13.5. The van der Waals surface area contributed by atoms with Crippen LogP contribution >= 0.6 is 0 Å². The van der Waals surface area contributed by atoms with Crippen molar-refractivity contribution in [3.05, 3.63) is 46.9 Å². The lowest BCUT2D eigenvalue weighted by atomic mass is 10.1. The first kappa shape index (κ1) is 13.3. The Morgan fingerprint density at radius 3 is 1.89 bits per heavy atom. The number of halogens is 5. The van der Waals surface area contributed by atoms with Crippen LogP contribution in [-0.2, 0) is 0 Å². The molecule has 0 saturated heterocycles. The fourth-order valence-corrected chi connectivity index (χ4v) is 1.55. The zero-order valence-corrected chi connectivity index (χ0v) is 9.44. The molecule has 0 aliphatic heterocycles. The number of pyridine rings is 1. The van der Waals surface area contributed by atoms with Crippen LogP contribution in [0.15, 0.2) is 12.3 Å². The van der Waals surface area contributed by atoms with E-state index in [1.807, 2.05) is 0 Å². The van der Waals surface area contributed by atoms with Crippen molar-refractivity contribution in [2.45, 2.75) is 6.92 Å². The number of aromatic hydroxyl groups is 1. The largest absolute Gasteiger partial charge is 0.505 e. The second-order valence-electron chi connectivity index (χ2n) is 3.77. The molecule has 2 aromatic rings. The van der Waals surface area contributed by atoms with Gasteiger partial charge in [0, 0.05) is 6.20 Å². The van der Waals surface area contributed by atoms with Crippen LogP contribution in [0.4, 0.5) is 22.0 Å². The van der Waals surface area contributed by atoms with Gasteiger partial charge in [-0.1, -0.05) is 0 Å². The monoisotopic (exact) mass is 275 g/mol. The number of aromatic nitrogens is 1. The van der Waals surface area contributed by atoms with Crippen LogP contribution in [0.5, 0.6) is 5.75 Å². The van der Waals surface area contributed by atoms with Crippen molar-refractivity contribution in [3.8, 4) is 17.0 Å². The summed E-state index contributed by atoms with van der Waals surface area (Å²) < 4.78 is 66.0. The maximum absolute atomic E-state index is 13.5. The molecule has 0 atom stereocenters. The Morgan fingerprint density at radius 2 is 1.37 bits per heavy atom. The fraction of sp³-hybridized carbons (Fsp3) is 0.0833. The van der Waals surface area contributed by atoms with E-state index < -0.39 is 46.1 Å². The van der Waals surface area contributed by atoms with E-state index in [0.717, 1.165) is 6.20 Å². The molecule has 0 aliphatic carbocycles. The van der Waals surface area contributed by atoms with Gasteiger partial charge in [0.1, 0.15) is 11.4 Å². The molecule has 0 unspecified atom stereocenters. The molecule has 100 valence electrons. The van der Waals surface area contributed by atoms with Crippen molar-refractivity contribution >= 4 is 0 Å². The van der Waals surface area contributed by atoms with Gasteiger partial charge in [-0.2, -0.15) is 0 Å². The average Bonchev–Trinajstić information content (AvgIpc) is 2.39. The van der Waals surface area contributed by atoms with Gasteiger partial charge in [0.25, 0.3) is 0 Å². The molecule has 2 nitrogen and oxygen atoms in total. The molecule has 0 fully saturated rings. The van der Waals surface area contributed by atoms with E-state index in [1.54, 1.807) is 0 Å². The summed E-state index contributed by atoms with van der Waals surface area (Å²) >= 11 is 0. The van der Waals surface area contributed by atoms with Crippen LogP contribution in [0, 0.1) is 36.0 Å². The first-order chi connectivity index (χ1) is 8.86. The molecule has 19 heavy (non-hydrogen) atoms. The van der Waals surface area contributed by atoms with Gasteiger partial charge in [0.2, 0.25) is 5.82 Å². The molecule has 0 amide bonds. The van der Waals surface area contributed by atoms with Crippen LogP contribution in [0.25, 0.3) is 11.3 Å².